The van der Waals surface area contributed by atoms with E-state index in [1.807, 2.05) is 57.5 Å². The second kappa shape index (κ2) is 10.1. The molecule has 0 unspecified atom stereocenters. The lowest BCUT2D eigenvalue weighted by Gasteiger charge is -2.18. The molecule has 0 atom stereocenters. The summed E-state index contributed by atoms with van der Waals surface area (Å²) in [6, 6.07) is 11.4. The van der Waals surface area contributed by atoms with E-state index in [1.165, 1.54) is 7.11 Å². The number of amides is 1. The Hall–Kier alpha value is -3.42. The highest BCUT2D eigenvalue weighted by Gasteiger charge is 2.18. The van der Waals surface area contributed by atoms with Gasteiger partial charge in [0, 0.05) is 39.4 Å². The number of carbonyl (C=O) groups is 1. The van der Waals surface area contributed by atoms with Gasteiger partial charge in [-0.1, -0.05) is 29.4 Å². The third-order valence-corrected chi connectivity index (χ3v) is 4.19. The molecule has 28 heavy (non-hydrogen) atoms. The monoisotopic (exact) mass is 385 g/mol. The average Bonchev–Trinajstić information content (AvgIpc) is 2.75. The summed E-state index contributed by atoms with van der Waals surface area (Å²) in [5.41, 5.74) is 4.28. The first-order chi connectivity index (χ1) is 13.6. The number of ether oxygens (including phenoxy) is 1. The molecule has 2 aromatic rings. The van der Waals surface area contributed by atoms with Gasteiger partial charge in [-0.05, 0) is 17.7 Å². The van der Waals surface area contributed by atoms with Crippen LogP contribution in [0.4, 0.5) is 17.1 Å². The smallest absolute Gasteiger partial charge is 0.273 e. The molecule has 0 radical (unpaired) electrons. The van der Waals surface area contributed by atoms with Gasteiger partial charge in [0.05, 0.1) is 11.4 Å². The fourth-order valence-electron chi connectivity index (χ4n) is 2.75. The normalized spacial score (nSPS) is 10.8. The lowest BCUT2D eigenvalue weighted by Crippen LogP contribution is -2.29. The van der Waals surface area contributed by atoms with E-state index >= 15 is 0 Å². The van der Waals surface area contributed by atoms with Gasteiger partial charge in [0.1, 0.15) is 13.7 Å². The molecule has 0 aliphatic heterocycles. The molecule has 150 valence electrons. The van der Waals surface area contributed by atoms with E-state index in [2.05, 4.69) is 26.4 Å². The quantitative estimate of drug-likeness (QED) is 0.391. The van der Waals surface area contributed by atoms with Crippen LogP contribution < -0.4 is 26.0 Å². The van der Waals surface area contributed by atoms with Crippen LogP contribution in [0.15, 0.2) is 41.6 Å². The molecule has 0 aliphatic rings. The summed E-state index contributed by atoms with van der Waals surface area (Å²) in [6.45, 7) is 0.248. The highest BCUT2D eigenvalue weighted by Crippen LogP contribution is 2.37. The summed E-state index contributed by atoms with van der Waals surface area (Å²) in [6.07, 6.45) is 0. The Balaban J connectivity index is 2.39. The summed E-state index contributed by atoms with van der Waals surface area (Å²) in [5.74, 6) is 0.350. The minimum Gasteiger partial charge on any atom is -0.485 e. The van der Waals surface area contributed by atoms with Crippen LogP contribution in [0.3, 0.4) is 0 Å². The van der Waals surface area contributed by atoms with Gasteiger partial charge in [0.25, 0.3) is 5.91 Å². The molecule has 2 aromatic carbocycles. The molecule has 0 aliphatic carbocycles. The predicted octanol–water partition coefficient (Wildman–Crippen LogP) is 2.49. The van der Waals surface area contributed by atoms with Crippen molar-refractivity contribution >= 4 is 28.7 Å². The van der Waals surface area contributed by atoms with Gasteiger partial charge in [-0.25, -0.2) is 0 Å². The Labute approximate surface area is 165 Å². The van der Waals surface area contributed by atoms with E-state index < -0.39 is 0 Å². The number of nitrogens with one attached hydrogen (secondary N) is 4. The molecule has 0 heterocycles. The van der Waals surface area contributed by atoms with Crippen LogP contribution in [-0.2, 0) is 16.2 Å². The first-order valence-electron chi connectivity index (χ1n) is 8.85. The van der Waals surface area contributed by atoms with E-state index in [1.54, 1.807) is 7.05 Å². The number of benzene rings is 2. The minimum absolute atomic E-state index is 0.192. The first-order valence-corrected chi connectivity index (χ1v) is 8.85. The zero-order chi connectivity index (χ0) is 20.5. The zero-order valence-corrected chi connectivity index (χ0v) is 16.8. The Morgan fingerprint density at radius 1 is 1.00 bits per heavy atom. The summed E-state index contributed by atoms with van der Waals surface area (Å²) in [4.78, 5) is 17.1. The topological polar surface area (TPSA) is 96.0 Å². The van der Waals surface area contributed by atoms with E-state index in [0.29, 0.717) is 11.3 Å². The Bertz CT molecular complexity index is 826. The van der Waals surface area contributed by atoms with E-state index in [4.69, 9.17) is 9.57 Å². The summed E-state index contributed by atoms with van der Waals surface area (Å²) in [7, 11) is 8.49. The lowest BCUT2D eigenvalue weighted by molar-refractivity contribution is -0.114. The molecule has 8 nitrogen and oxygen atoms in total. The molecule has 4 N–H and O–H groups in total. The van der Waals surface area contributed by atoms with Gasteiger partial charge in [-0.15, -0.1) is 0 Å². The van der Waals surface area contributed by atoms with Crippen LogP contribution in [0, 0.1) is 0 Å². The first kappa shape index (κ1) is 20.9. The van der Waals surface area contributed by atoms with Gasteiger partial charge in [-0.3, -0.25) is 4.79 Å². The third-order valence-electron chi connectivity index (χ3n) is 4.19. The van der Waals surface area contributed by atoms with Crippen molar-refractivity contribution in [1.82, 2.24) is 5.32 Å². The molecule has 0 bridgehead atoms. The molecule has 0 saturated heterocycles. The molecule has 0 fully saturated rings. The van der Waals surface area contributed by atoms with Crippen LogP contribution in [0.25, 0.3) is 0 Å². The number of oxime groups is 1. The molecule has 8 heteroatoms. The maximum Gasteiger partial charge on any atom is 0.273 e. The van der Waals surface area contributed by atoms with Crippen molar-refractivity contribution in [3.05, 3.63) is 47.5 Å². The number of rotatable bonds is 9. The van der Waals surface area contributed by atoms with Crippen LogP contribution in [0.2, 0.25) is 0 Å². The van der Waals surface area contributed by atoms with Gasteiger partial charge in [-0.2, -0.15) is 0 Å². The van der Waals surface area contributed by atoms with E-state index in [0.717, 1.165) is 22.6 Å². The van der Waals surface area contributed by atoms with E-state index in [9.17, 15) is 4.79 Å². The molecule has 0 spiro atoms. The molecular weight excluding hydrogens is 358 g/mol. The predicted molar refractivity (Wildman–Crippen MR) is 113 cm³/mol. The molecular formula is C20H27N5O3. The second-order valence-electron chi connectivity index (χ2n) is 5.80. The number of nitrogens with zero attached hydrogens (tertiary/aromatic N) is 1. The van der Waals surface area contributed by atoms with Crippen molar-refractivity contribution in [3.63, 3.8) is 0 Å². The highest BCUT2D eigenvalue weighted by molar-refractivity contribution is 6.45. The third kappa shape index (κ3) is 4.64. The van der Waals surface area contributed by atoms with Crippen LogP contribution in [-0.4, -0.2) is 46.9 Å². The number of hydrogen-bond acceptors (Lipinski definition) is 7. The lowest BCUT2D eigenvalue weighted by atomic mass is 10.0. The van der Waals surface area contributed by atoms with Crippen molar-refractivity contribution in [2.24, 2.45) is 5.16 Å². The second-order valence-corrected chi connectivity index (χ2v) is 5.80. The van der Waals surface area contributed by atoms with Crippen molar-refractivity contribution in [1.29, 1.82) is 0 Å². The van der Waals surface area contributed by atoms with Crippen molar-refractivity contribution in [2.45, 2.75) is 6.61 Å². The zero-order valence-electron chi connectivity index (χ0n) is 16.8. The fraction of sp³-hybridized carbons (Fsp3) is 0.300. The van der Waals surface area contributed by atoms with Gasteiger partial charge in [0.2, 0.25) is 0 Å². The Kier molecular flexibility index (Phi) is 7.50. The Morgan fingerprint density at radius 3 is 2.18 bits per heavy atom. The van der Waals surface area contributed by atoms with Gasteiger partial charge < -0.3 is 30.8 Å². The van der Waals surface area contributed by atoms with Gasteiger partial charge >= 0.3 is 0 Å². The molecule has 0 saturated carbocycles. The van der Waals surface area contributed by atoms with Gasteiger partial charge in [0.15, 0.2) is 11.5 Å². The highest BCUT2D eigenvalue weighted by atomic mass is 16.6. The van der Waals surface area contributed by atoms with Crippen LogP contribution in [0.1, 0.15) is 11.1 Å². The average molecular weight is 385 g/mol. The van der Waals surface area contributed by atoms with E-state index in [-0.39, 0.29) is 18.2 Å². The standard InChI is InChI=1S/C20H27N5O3/c1-21-14-10-16(22-2)19(17(11-14)23-3)28-12-13-8-6-7-9-15(13)18(25-27-5)20(26)24-4/h6-11,21-23H,12H2,1-5H3,(H,24,26). The molecule has 1 amide bonds. The van der Waals surface area contributed by atoms with Crippen molar-refractivity contribution in [3.8, 4) is 5.75 Å². The maximum absolute atomic E-state index is 12.2. The summed E-state index contributed by atoms with van der Waals surface area (Å²) in [5, 5.41) is 15.9. The summed E-state index contributed by atoms with van der Waals surface area (Å²) < 4.78 is 6.14. The largest absolute Gasteiger partial charge is 0.485 e. The Morgan fingerprint density at radius 2 is 1.64 bits per heavy atom. The molecule has 0 aromatic heterocycles. The van der Waals surface area contributed by atoms with Crippen molar-refractivity contribution in [2.75, 3.05) is 51.3 Å². The number of carbonyl (C=O) groups excluding carboxylic acids is 1. The molecule has 2 rings (SSSR count). The maximum atomic E-state index is 12.2. The van der Waals surface area contributed by atoms with Crippen LogP contribution >= 0.6 is 0 Å². The number of hydrogen-bond donors (Lipinski definition) is 4. The van der Waals surface area contributed by atoms with Crippen LogP contribution in [0.5, 0.6) is 5.75 Å². The minimum atomic E-state index is -0.334. The van der Waals surface area contributed by atoms with Crippen molar-refractivity contribution < 1.29 is 14.4 Å². The number of likely N-dealkylation sites (N-methyl/N-ethyl adjacent to an activating group) is 1. The summed E-state index contributed by atoms with van der Waals surface area (Å²) >= 11 is 0. The number of anilines is 3. The fourth-order valence-corrected chi connectivity index (χ4v) is 2.75. The SMILES string of the molecule is CNC(=O)C(=NOC)c1ccccc1COc1c(NC)cc(NC)cc1NC.